The molecule has 0 fully saturated rings. The van der Waals surface area contributed by atoms with Crippen molar-refractivity contribution in [3.8, 4) is 0 Å². The van der Waals surface area contributed by atoms with Gasteiger partial charge in [-0.15, -0.1) is 0 Å². The van der Waals surface area contributed by atoms with E-state index in [1.165, 1.54) is 263 Å². The summed E-state index contributed by atoms with van der Waals surface area (Å²) in [5.74, 6) is -2.13. The van der Waals surface area contributed by atoms with Crippen molar-refractivity contribution in [2.75, 3.05) is 39.6 Å². The maximum absolute atomic E-state index is 13.1. The molecular weight excluding hydrogens is 1370 g/mol. The number of phosphoric ester groups is 2. The fourth-order valence-electron chi connectivity index (χ4n) is 13.0. The molecule has 0 aromatic rings. The summed E-state index contributed by atoms with van der Waals surface area (Å²) in [6, 6.07) is 0. The minimum atomic E-state index is -4.97. The largest absolute Gasteiger partial charge is 0.472 e. The molecule has 17 nitrogen and oxygen atoms in total. The number of aliphatic hydroxyl groups excluding tert-OH is 1. The first-order chi connectivity index (χ1) is 51.2. The van der Waals surface area contributed by atoms with E-state index in [1.54, 1.807) is 0 Å². The fraction of sp³-hybridized carbons (Fsp3) is 0.907. The second kappa shape index (κ2) is 79.6. The summed E-state index contributed by atoms with van der Waals surface area (Å²) >= 11 is 0. The van der Waals surface area contributed by atoms with Gasteiger partial charge < -0.3 is 33.8 Å². The minimum Gasteiger partial charge on any atom is -0.462 e. The first-order valence-corrected chi connectivity index (χ1v) is 47.1. The molecule has 0 saturated heterocycles. The average molecular weight is 1530 g/mol. The molecule has 0 aliphatic rings. The lowest BCUT2D eigenvalue weighted by molar-refractivity contribution is -0.161. The van der Waals surface area contributed by atoms with E-state index in [9.17, 15) is 43.2 Å². The zero-order valence-electron chi connectivity index (χ0n) is 68.2. The molecule has 620 valence electrons. The fourth-order valence-corrected chi connectivity index (χ4v) is 14.6. The van der Waals surface area contributed by atoms with Gasteiger partial charge in [0.15, 0.2) is 12.2 Å². The third-order valence-corrected chi connectivity index (χ3v) is 21.6. The number of esters is 4. The number of carbonyl (C=O) groups is 4. The van der Waals surface area contributed by atoms with Crippen LogP contribution in [0.1, 0.15) is 445 Å². The normalized spacial score (nSPS) is 13.9. The highest BCUT2D eigenvalue weighted by Crippen LogP contribution is 2.45. The van der Waals surface area contributed by atoms with Gasteiger partial charge in [-0.3, -0.25) is 37.3 Å². The second-order valence-electron chi connectivity index (χ2n) is 30.2. The smallest absolute Gasteiger partial charge is 0.462 e. The standard InChI is InChI=1S/C86H164O17P2/c1-5-9-13-17-21-25-29-33-36-38-40-42-45-47-51-55-59-63-67-71-84(89)97-77-82(103-86(91)73-69-65-61-57-53-49-46-43-41-39-37-34-30-26-22-18-14-10-6-2)79-101-105(94,95)99-75-80(87)74-98-104(92,93)100-78-81(76-96-83(88)70-66-62-58-54-50-32-28-24-20-16-12-8-4)102-85(90)72-68-64-60-56-52-48-44-35-31-27-23-19-15-11-7-3/h27,31,35,44,80-82,87H,5-26,28-30,32-34,36-43,45-79H2,1-4H3,(H,92,93)(H,94,95)/b31-27-,44-35-/t80-,81+,82+/m0/s1. The van der Waals surface area contributed by atoms with E-state index in [4.69, 9.17) is 37.0 Å². The van der Waals surface area contributed by atoms with Crippen LogP contribution in [0.3, 0.4) is 0 Å². The quantitative estimate of drug-likeness (QED) is 0.0169. The van der Waals surface area contributed by atoms with Crippen LogP contribution < -0.4 is 0 Å². The number of phosphoric acid groups is 2. The van der Waals surface area contributed by atoms with Crippen LogP contribution in [0.2, 0.25) is 0 Å². The van der Waals surface area contributed by atoms with Gasteiger partial charge in [-0.2, -0.15) is 0 Å². The van der Waals surface area contributed by atoms with Crippen LogP contribution in [0.15, 0.2) is 24.3 Å². The Morgan fingerprint density at radius 1 is 0.267 bits per heavy atom. The molecule has 2 unspecified atom stereocenters. The summed E-state index contributed by atoms with van der Waals surface area (Å²) in [6.45, 7) is 4.99. The molecule has 0 aliphatic heterocycles. The minimum absolute atomic E-state index is 0.0861. The van der Waals surface area contributed by atoms with Crippen molar-refractivity contribution in [1.82, 2.24) is 0 Å². The Kier molecular flexibility index (Phi) is 77.8. The van der Waals surface area contributed by atoms with Crippen molar-refractivity contribution in [2.24, 2.45) is 0 Å². The molecule has 3 N–H and O–H groups in total. The first kappa shape index (κ1) is 103. The first-order valence-electron chi connectivity index (χ1n) is 44.1. The molecule has 19 heteroatoms. The third kappa shape index (κ3) is 79.4. The molecule has 105 heavy (non-hydrogen) atoms. The molecular formula is C86H164O17P2. The van der Waals surface area contributed by atoms with Crippen molar-refractivity contribution < 1.29 is 80.2 Å². The predicted octanol–water partition coefficient (Wildman–Crippen LogP) is 26.1. The molecule has 5 atom stereocenters. The Balaban J connectivity index is 5.28. The van der Waals surface area contributed by atoms with E-state index in [-0.39, 0.29) is 25.7 Å². The Morgan fingerprint density at radius 3 is 0.695 bits per heavy atom. The monoisotopic (exact) mass is 1530 g/mol. The predicted molar refractivity (Wildman–Crippen MR) is 432 cm³/mol. The summed E-state index contributed by atoms with van der Waals surface area (Å²) in [5, 5.41) is 10.7. The lowest BCUT2D eigenvalue weighted by atomic mass is 10.0. The third-order valence-electron chi connectivity index (χ3n) is 19.7. The number of hydrogen-bond acceptors (Lipinski definition) is 15. The van der Waals surface area contributed by atoms with E-state index in [1.807, 2.05) is 0 Å². The Bertz CT molecular complexity index is 2080. The Hall–Kier alpha value is -2.46. The van der Waals surface area contributed by atoms with Gasteiger partial charge in [-0.05, 0) is 51.4 Å². The van der Waals surface area contributed by atoms with Gasteiger partial charge in [0.2, 0.25) is 0 Å². The summed E-state index contributed by atoms with van der Waals surface area (Å²) in [5.41, 5.74) is 0. The topological polar surface area (TPSA) is 237 Å². The van der Waals surface area contributed by atoms with Crippen LogP contribution in [0, 0.1) is 0 Å². The van der Waals surface area contributed by atoms with Crippen molar-refractivity contribution in [2.45, 2.75) is 463 Å². The molecule has 0 aliphatic carbocycles. The highest BCUT2D eigenvalue weighted by Gasteiger charge is 2.30. The number of ether oxygens (including phenoxy) is 4. The molecule has 0 aromatic heterocycles. The Morgan fingerprint density at radius 2 is 0.457 bits per heavy atom. The Labute approximate surface area is 643 Å². The molecule has 0 rings (SSSR count). The second-order valence-corrected chi connectivity index (χ2v) is 33.1. The number of rotatable bonds is 85. The van der Waals surface area contributed by atoms with Crippen LogP contribution in [0.25, 0.3) is 0 Å². The maximum Gasteiger partial charge on any atom is 0.472 e. The molecule has 0 spiro atoms. The van der Waals surface area contributed by atoms with Gasteiger partial charge in [0.1, 0.15) is 19.3 Å². The summed E-state index contributed by atoms with van der Waals surface area (Å²) in [4.78, 5) is 73.2. The summed E-state index contributed by atoms with van der Waals surface area (Å²) < 4.78 is 68.9. The molecule has 0 saturated carbocycles. The van der Waals surface area contributed by atoms with Gasteiger partial charge in [0.25, 0.3) is 0 Å². The van der Waals surface area contributed by atoms with E-state index in [0.29, 0.717) is 25.7 Å². The van der Waals surface area contributed by atoms with Gasteiger partial charge in [-0.1, -0.05) is 392 Å². The van der Waals surface area contributed by atoms with Gasteiger partial charge in [-0.25, -0.2) is 9.13 Å². The van der Waals surface area contributed by atoms with Gasteiger partial charge in [0.05, 0.1) is 26.4 Å². The van der Waals surface area contributed by atoms with Crippen molar-refractivity contribution in [3.63, 3.8) is 0 Å². The summed E-state index contributed by atoms with van der Waals surface area (Å²) in [6.07, 6.45) is 77.1. The molecule has 0 aromatic carbocycles. The van der Waals surface area contributed by atoms with Crippen LogP contribution in [-0.4, -0.2) is 96.7 Å². The molecule has 0 heterocycles. The van der Waals surface area contributed by atoms with E-state index < -0.39 is 97.5 Å². The van der Waals surface area contributed by atoms with Crippen molar-refractivity contribution >= 4 is 39.5 Å². The molecule has 0 amide bonds. The molecule has 0 bridgehead atoms. The summed E-state index contributed by atoms with van der Waals surface area (Å²) in [7, 11) is -9.94. The van der Waals surface area contributed by atoms with Crippen molar-refractivity contribution in [3.05, 3.63) is 24.3 Å². The van der Waals surface area contributed by atoms with Crippen LogP contribution in [-0.2, 0) is 65.4 Å². The van der Waals surface area contributed by atoms with Crippen LogP contribution in [0.4, 0.5) is 0 Å². The lowest BCUT2D eigenvalue weighted by Crippen LogP contribution is -2.30. The lowest BCUT2D eigenvalue weighted by Gasteiger charge is -2.21. The van der Waals surface area contributed by atoms with Gasteiger partial charge in [0, 0.05) is 25.7 Å². The molecule has 0 radical (unpaired) electrons. The highest BCUT2D eigenvalue weighted by molar-refractivity contribution is 7.47. The average Bonchev–Trinajstić information content (AvgIpc) is 0.939. The van der Waals surface area contributed by atoms with Crippen molar-refractivity contribution in [1.29, 1.82) is 0 Å². The van der Waals surface area contributed by atoms with E-state index in [2.05, 4.69) is 52.0 Å². The number of hydrogen-bond donors (Lipinski definition) is 3. The maximum atomic E-state index is 13.1. The highest BCUT2D eigenvalue weighted by atomic mass is 31.2. The van der Waals surface area contributed by atoms with Crippen LogP contribution >= 0.6 is 15.6 Å². The number of allylic oxidation sites excluding steroid dienone is 4. The van der Waals surface area contributed by atoms with E-state index >= 15 is 0 Å². The number of aliphatic hydroxyl groups is 1. The van der Waals surface area contributed by atoms with E-state index in [0.717, 1.165) is 103 Å². The van der Waals surface area contributed by atoms with Crippen LogP contribution in [0.5, 0.6) is 0 Å². The number of unbranched alkanes of at least 4 members (excludes halogenated alkanes) is 56. The zero-order valence-corrected chi connectivity index (χ0v) is 70.0. The number of carbonyl (C=O) groups excluding carboxylic acids is 4. The van der Waals surface area contributed by atoms with Gasteiger partial charge >= 0.3 is 39.5 Å². The SMILES string of the molecule is CCCCCC/C=C\C=C/CCCCCCCC(=O)O[C@H](COC(=O)CCCCCCCCCCCCCC)COP(=O)(O)OC[C@H](O)COP(=O)(O)OC[C@@H](COC(=O)CCCCCCCCCCCCCCCCCCCCC)OC(=O)CCCCCCCCCCCCCCCCCCCCC. The zero-order chi connectivity index (χ0) is 76.7.